The first-order valence-electron chi connectivity index (χ1n) is 18.9. The highest BCUT2D eigenvalue weighted by molar-refractivity contribution is 5.95. The second-order valence-corrected chi connectivity index (χ2v) is 15.5. The SMILES string of the molecule is CCCC1CCC(C2=Cc3c(c(F)cc4ccccc34)C2(F)F)CC1.CCCC1CCC(C2Cc3c(c(F)cc4ccccc34)C2(F)F)CC1. The third-order valence-electron chi connectivity index (χ3n) is 12.5. The van der Waals surface area contributed by atoms with E-state index in [0.29, 0.717) is 40.2 Å². The predicted octanol–water partition coefficient (Wildman–Crippen LogP) is 13.9. The molecule has 0 heterocycles. The fraction of sp³-hybridized carbons (Fsp3) is 0.500. The average Bonchev–Trinajstić information content (AvgIpc) is 3.56. The monoisotopic (exact) mass is 690 g/mol. The first-order valence-corrected chi connectivity index (χ1v) is 18.9. The molecule has 0 aliphatic heterocycles. The summed E-state index contributed by atoms with van der Waals surface area (Å²) in [5.74, 6) is -7.27. The Hall–Kier alpha value is -3.28. The molecule has 0 aromatic heterocycles. The molecule has 4 aliphatic rings. The largest absolute Gasteiger partial charge is 0.298 e. The second-order valence-electron chi connectivity index (χ2n) is 15.5. The molecule has 50 heavy (non-hydrogen) atoms. The smallest absolute Gasteiger partial charge is 0.206 e. The van der Waals surface area contributed by atoms with Crippen molar-refractivity contribution in [1.29, 1.82) is 0 Å². The van der Waals surface area contributed by atoms with Gasteiger partial charge in [-0.25, -0.2) is 17.6 Å². The van der Waals surface area contributed by atoms with Gasteiger partial charge in [0.1, 0.15) is 11.6 Å². The Morgan fingerprint density at radius 2 is 1.16 bits per heavy atom. The van der Waals surface area contributed by atoms with E-state index in [1.165, 1.54) is 25.0 Å². The summed E-state index contributed by atoms with van der Waals surface area (Å²) < 4.78 is 89.6. The summed E-state index contributed by atoms with van der Waals surface area (Å²) in [5.41, 5.74) is 0.309. The summed E-state index contributed by atoms with van der Waals surface area (Å²) in [7, 11) is 0. The van der Waals surface area contributed by atoms with Crippen molar-refractivity contribution in [2.75, 3.05) is 0 Å². The van der Waals surface area contributed by atoms with Crippen LogP contribution in [0.25, 0.3) is 27.6 Å². The Kier molecular flexibility index (Phi) is 9.86. The van der Waals surface area contributed by atoms with Crippen molar-refractivity contribution in [3.8, 4) is 0 Å². The molecule has 0 spiro atoms. The van der Waals surface area contributed by atoms with Crippen molar-refractivity contribution in [2.45, 2.75) is 109 Å². The number of fused-ring (bicyclic) bond motifs is 6. The van der Waals surface area contributed by atoms with Gasteiger partial charge in [0.2, 0.25) is 0 Å². The zero-order valence-corrected chi connectivity index (χ0v) is 29.2. The first kappa shape index (κ1) is 35.1. The van der Waals surface area contributed by atoms with Crippen molar-refractivity contribution in [1.82, 2.24) is 0 Å². The normalized spacial score (nSPS) is 26.6. The molecule has 4 aliphatic carbocycles. The molecular weight excluding hydrogens is 642 g/mol. The molecule has 8 rings (SSSR count). The van der Waals surface area contributed by atoms with Crippen molar-refractivity contribution in [3.63, 3.8) is 0 Å². The molecule has 4 aromatic carbocycles. The van der Waals surface area contributed by atoms with Gasteiger partial charge in [0.15, 0.2) is 0 Å². The van der Waals surface area contributed by atoms with Crippen LogP contribution in [0.2, 0.25) is 0 Å². The number of alkyl halides is 4. The fourth-order valence-electron chi connectivity index (χ4n) is 9.99. The van der Waals surface area contributed by atoms with Crippen LogP contribution in [-0.2, 0) is 18.3 Å². The average molecular weight is 691 g/mol. The van der Waals surface area contributed by atoms with Gasteiger partial charge in [0, 0.05) is 11.5 Å². The van der Waals surface area contributed by atoms with Crippen LogP contribution < -0.4 is 0 Å². The molecule has 0 saturated heterocycles. The summed E-state index contributed by atoms with van der Waals surface area (Å²) in [5, 5.41) is 2.91. The van der Waals surface area contributed by atoms with E-state index in [9.17, 15) is 8.78 Å². The van der Waals surface area contributed by atoms with Crippen LogP contribution in [-0.4, -0.2) is 0 Å². The topological polar surface area (TPSA) is 0 Å². The molecule has 0 amide bonds. The van der Waals surface area contributed by atoms with E-state index >= 15 is 17.6 Å². The van der Waals surface area contributed by atoms with E-state index in [4.69, 9.17) is 0 Å². The molecule has 1 atom stereocenters. The van der Waals surface area contributed by atoms with E-state index in [-0.39, 0.29) is 23.0 Å². The maximum Gasteiger partial charge on any atom is 0.298 e. The Morgan fingerprint density at radius 1 is 0.640 bits per heavy atom. The lowest BCUT2D eigenvalue weighted by atomic mass is 9.73. The van der Waals surface area contributed by atoms with E-state index in [1.807, 2.05) is 24.3 Å². The summed E-state index contributed by atoms with van der Waals surface area (Å²) in [4.78, 5) is 0. The molecule has 2 fully saturated rings. The zero-order chi connectivity index (χ0) is 35.2. The van der Waals surface area contributed by atoms with Gasteiger partial charge in [-0.1, -0.05) is 101 Å². The molecule has 1 unspecified atom stereocenters. The van der Waals surface area contributed by atoms with Crippen molar-refractivity contribution < 1.29 is 26.3 Å². The number of allylic oxidation sites excluding steroid dienone is 1. The minimum Gasteiger partial charge on any atom is -0.206 e. The fourth-order valence-corrected chi connectivity index (χ4v) is 9.99. The highest BCUT2D eigenvalue weighted by Crippen LogP contribution is 2.56. The molecular formula is C44H48F6. The highest BCUT2D eigenvalue weighted by Gasteiger charge is 2.54. The molecule has 6 heteroatoms. The lowest BCUT2D eigenvalue weighted by Crippen LogP contribution is -2.31. The molecule has 0 N–H and O–H groups in total. The van der Waals surface area contributed by atoms with Crippen molar-refractivity contribution in [2.24, 2.45) is 29.6 Å². The third-order valence-corrected chi connectivity index (χ3v) is 12.5. The summed E-state index contributed by atoms with van der Waals surface area (Å²) in [6, 6.07) is 17.1. The van der Waals surface area contributed by atoms with E-state index in [2.05, 4.69) is 13.8 Å². The van der Waals surface area contributed by atoms with Gasteiger partial charge in [-0.2, -0.15) is 8.78 Å². The minimum atomic E-state index is -3.19. The Labute approximate surface area is 292 Å². The number of halogens is 6. The first-order chi connectivity index (χ1) is 24.0. The minimum absolute atomic E-state index is 0.00803. The predicted molar refractivity (Wildman–Crippen MR) is 191 cm³/mol. The van der Waals surface area contributed by atoms with Crippen LogP contribution in [0.3, 0.4) is 0 Å². The van der Waals surface area contributed by atoms with Crippen molar-refractivity contribution >= 4 is 27.6 Å². The van der Waals surface area contributed by atoms with Crippen LogP contribution in [0.15, 0.2) is 66.2 Å². The van der Waals surface area contributed by atoms with Gasteiger partial charge in [0.05, 0.1) is 11.1 Å². The van der Waals surface area contributed by atoms with Gasteiger partial charge in [0.25, 0.3) is 11.8 Å². The number of hydrogen-bond donors (Lipinski definition) is 0. The summed E-state index contributed by atoms with van der Waals surface area (Å²) in [6.07, 6.45) is 14.0. The third kappa shape index (κ3) is 6.27. The van der Waals surface area contributed by atoms with Gasteiger partial charge in [-0.3, -0.25) is 0 Å². The molecule has 4 aromatic rings. The van der Waals surface area contributed by atoms with Crippen LogP contribution in [0, 0.1) is 41.2 Å². The summed E-state index contributed by atoms with van der Waals surface area (Å²) >= 11 is 0. The maximum absolute atomic E-state index is 15.2. The van der Waals surface area contributed by atoms with Crippen LogP contribution in [0.5, 0.6) is 0 Å². The molecule has 0 radical (unpaired) electrons. The van der Waals surface area contributed by atoms with Crippen molar-refractivity contribution in [3.05, 3.63) is 100 Å². The highest BCUT2D eigenvalue weighted by atomic mass is 19.3. The maximum atomic E-state index is 15.2. The van der Waals surface area contributed by atoms with Crippen LogP contribution in [0.4, 0.5) is 26.3 Å². The van der Waals surface area contributed by atoms with Gasteiger partial charge in [-0.05, 0) is 119 Å². The van der Waals surface area contributed by atoms with E-state index < -0.39 is 35.0 Å². The number of hydrogen-bond acceptors (Lipinski definition) is 0. The Bertz CT molecular complexity index is 1860. The van der Waals surface area contributed by atoms with Crippen LogP contribution in [0.1, 0.15) is 113 Å². The van der Waals surface area contributed by atoms with Crippen LogP contribution >= 0.6 is 0 Å². The zero-order valence-electron chi connectivity index (χ0n) is 29.2. The summed E-state index contributed by atoms with van der Waals surface area (Å²) in [6.45, 7) is 4.35. The lowest BCUT2D eigenvalue weighted by Gasteiger charge is -2.34. The lowest BCUT2D eigenvalue weighted by molar-refractivity contribution is -0.0840. The molecule has 0 bridgehead atoms. The molecule has 0 nitrogen and oxygen atoms in total. The van der Waals surface area contributed by atoms with Gasteiger partial charge >= 0.3 is 0 Å². The number of benzene rings is 4. The van der Waals surface area contributed by atoms with E-state index in [1.54, 1.807) is 30.3 Å². The quantitative estimate of drug-likeness (QED) is 0.177. The van der Waals surface area contributed by atoms with E-state index in [0.717, 1.165) is 75.0 Å². The second kappa shape index (κ2) is 14.0. The molecule has 266 valence electrons. The molecule has 2 saturated carbocycles. The Morgan fingerprint density at radius 3 is 1.76 bits per heavy atom. The number of rotatable bonds is 6. The standard InChI is InChI=1S/C22H25F3.C22H23F3/c2*1-2-5-14-8-10-15(11-9-14)19-13-18-17-7-4-3-6-16(17)12-20(23)21(18)22(19,24)25/h3-4,6-7,12,14-15,19H,2,5,8-11,13H2,1H3;3-4,6-7,12-15H,2,5,8-11H2,1H3. The Balaban J connectivity index is 0.000000157. The van der Waals surface area contributed by atoms with Gasteiger partial charge in [-0.15, -0.1) is 0 Å². The van der Waals surface area contributed by atoms with Gasteiger partial charge < -0.3 is 0 Å².